The summed E-state index contributed by atoms with van der Waals surface area (Å²) in [5, 5.41) is 19.1. The lowest BCUT2D eigenvalue weighted by molar-refractivity contribution is -0.129. The highest BCUT2D eigenvalue weighted by molar-refractivity contribution is 6.04. The highest BCUT2D eigenvalue weighted by Gasteiger charge is 2.41. The fourth-order valence-corrected chi connectivity index (χ4v) is 7.40. The second-order valence-corrected chi connectivity index (χ2v) is 14.9. The number of aliphatic hydroxyl groups excluding tert-OH is 1. The molecule has 0 aliphatic carbocycles. The van der Waals surface area contributed by atoms with Crippen LogP contribution in [0.4, 0.5) is 5.69 Å². The van der Waals surface area contributed by atoms with E-state index in [0.717, 1.165) is 60.1 Å². The molecule has 2 saturated heterocycles. The Bertz CT molecular complexity index is 1880. The zero-order chi connectivity index (χ0) is 40.2. The molecular formula is C44H56N6O6. The Morgan fingerprint density at radius 2 is 1.73 bits per heavy atom. The number of nitrogens with one attached hydrogen (secondary N) is 3. The highest BCUT2D eigenvalue weighted by Crippen LogP contribution is 2.37. The maximum Gasteiger partial charge on any atom is 0.243 e. The number of rotatable bonds is 16. The minimum absolute atomic E-state index is 0.0631. The number of nitrogens with zero attached hydrogens (tertiary/aromatic N) is 2. The van der Waals surface area contributed by atoms with E-state index in [2.05, 4.69) is 48.7 Å². The Labute approximate surface area is 330 Å². The molecule has 0 saturated carbocycles. The first-order chi connectivity index (χ1) is 27.0. The smallest absolute Gasteiger partial charge is 0.243 e. The van der Waals surface area contributed by atoms with Crippen molar-refractivity contribution in [2.75, 3.05) is 24.5 Å². The summed E-state index contributed by atoms with van der Waals surface area (Å²) < 4.78 is 6.14. The van der Waals surface area contributed by atoms with Crippen LogP contribution in [-0.4, -0.2) is 71.7 Å². The third kappa shape index (κ3) is 10.7. The van der Waals surface area contributed by atoms with Crippen molar-refractivity contribution in [3.05, 3.63) is 108 Å². The van der Waals surface area contributed by atoms with Gasteiger partial charge in [0.15, 0.2) is 5.82 Å². The van der Waals surface area contributed by atoms with E-state index in [1.54, 1.807) is 17.1 Å². The van der Waals surface area contributed by atoms with Gasteiger partial charge < -0.3 is 41.3 Å². The fourth-order valence-electron chi connectivity index (χ4n) is 7.40. The van der Waals surface area contributed by atoms with E-state index in [1.807, 2.05) is 53.4 Å². The van der Waals surface area contributed by atoms with E-state index in [4.69, 9.17) is 10.5 Å². The quantitative estimate of drug-likeness (QED) is 0.0918. The molecule has 298 valence electrons. The van der Waals surface area contributed by atoms with Crippen molar-refractivity contribution in [1.82, 2.24) is 20.9 Å². The van der Waals surface area contributed by atoms with Crippen LogP contribution >= 0.6 is 0 Å². The van der Waals surface area contributed by atoms with Crippen LogP contribution in [0.3, 0.4) is 0 Å². The number of ether oxygens (including phenoxy) is 1. The number of anilines is 1. The number of hydrogen-bond donors (Lipinski definition) is 5. The Kier molecular flexibility index (Phi) is 14.9. The monoisotopic (exact) mass is 764 g/mol. The van der Waals surface area contributed by atoms with Crippen LogP contribution in [0.2, 0.25) is 0 Å². The summed E-state index contributed by atoms with van der Waals surface area (Å²) in [6, 6.07) is 15.4. The molecule has 6 N–H and O–H groups in total. The van der Waals surface area contributed by atoms with Crippen LogP contribution in [0, 0.1) is 11.8 Å². The van der Waals surface area contributed by atoms with Crippen molar-refractivity contribution >= 4 is 40.6 Å². The number of benzene rings is 2. The predicted octanol–water partition coefficient (Wildman–Crippen LogP) is 4.87. The molecule has 0 radical (unpaired) electrons. The van der Waals surface area contributed by atoms with Crippen LogP contribution in [0.25, 0.3) is 11.3 Å². The van der Waals surface area contributed by atoms with Crippen LogP contribution in [0.15, 0.2) is 91.5 Å². The van der Waals surface area contributed by atoms with Crippen molar-refractivity contribution < 1.29 is 29.0 Å². The molecule has 0 spiro atoms. The lowest BCUT2D eigenvalue weighted by atomic mass is 9.92. The third-order valence-electron chi connectivity index (χ3n) is 10.4. The molecule has 56 heavy (non-hydrogen) atoms. The lowest BCUT2D eigenvalue weighted by Crippen LogP contribution is -2.52. The van der Waals surface area contributed by atoms with Gasteiger partial charge in [0, 0.05) is 61.3 Å². The second-order valence-electron chi connectivity index (χ2n) is 14.9. The highest BCUT2D eigenvalue weighted by atomic mass is 16.5. The SMILES string of the molecule is C=C=C1NC(=O)C(/C=C/C(=O)NCCCCCCNC(=O)CCC(=O)N2Cc3ccccc3/C(N)=C(/C=C)c3ccccc32)CN1C1CC(O)C(CC(C)C)O1. The summed E-state index contributed by atoms with van der Waals surface area (Å²) in [6.07, 6.45) is 7.92. The summed E-state index contributed by atoms with van der Waals surface area (Å²) in [5.74, 6) is -0.691. The average molecular weight is 765 g/mol. The number of carbonyl (C=O) groups is 4. The largest absolute Gasteiger partial charge is 0.398 e. The molecule has 4 atom stereocenters. The van der Waals surface area contributed by atoms with E-state index in [-0.39, 0.29) is 49.1 Å². The Balaban J connectivity index is 0.989. The van der Waals surface area contributed by atoms with Gasteiger partial charge in [0.25, 0.3) is 0 Å². The zero-order valence-corrected chi connectivity index (χ0v) is 32.6. The molecule has 3 heterocycles. The Hall–Kier alpha value is -5.42. The van der Waals surface area contributed by atoms with Crippen LogP contribution in [-0.2, 0) is 30.5 Å². The number of amides is 4. The van der Waals surface area contributed by atoms with Gasteiger partial charge in [-0.05, 0) is 42.9 Å². The maximum absolute atomic E-state index is 13.6. The molecule has 3 aliphatic heterocycles. The molecular weight excluding hydrogens is 709 g/mol. The third-order valence-corrected chi connectivity index (χ3v) is 10.4. The molecule has 5 rings (SSSR count). The molecule has 12 heteroatoms. The molecule has 2 aromatic rings. The summed E-state index contributed by atoms with van der Waals surface area (Å²) >= 11 is 0. The van der Waals surface area contributed by atoms with Crippen molar-refractivity contribution in [3.8, 4) is 0 Å². The van der Waals surface area contributed by atoms with Gasteiger partial charge >= 0.3 is 0 Å². The van der Waals surface area contributed by atoms with Gasteiger partial charge in [-0.3, -0.25) is 19.2 Å². The van der Waals surface area contributed by atoms with E-state index in [9.17, 15) is 24.3 Å². The second kappa shape index (κ2) is 20.0. The van der Waals surface area contributed by atoms with Crippen LogP contribution < -0.4 is 26.6 Å². The molecule has 3 aliphatic rings. The fraction of sp³-hybridized carbons (Fsp3) is 0.432. The molecule has 0 aromatic heterocycles. The summed E-state index contributed by atoms with van der Waals surface area (Å²) in [5.41, 5.74) is 14.1. The number of fused-ring (bicyclic) bond motifs is 2. The van der Waals surface area contributed by atoms with Crippen molar-refractivity contribution in [1.29, 1.82) is 0 Å². The first-order valence-corrected chi connectivity index (χ1v) is 19.6. The minimum Gasteiger partial charge on any atom is -0.398 e. The molecule has 2 fully saturated rings. The van der Waals surface area contributed by atoms with Crippen LogP contribution in [0.1, 0.15) is 81.9 Å². The number of para-hydroxylation sites is 1. The zero-order valence-electron chi connectivity index (χ0n) is 32.6. The summed E-state index contributed by atoms with van der Waals surface area (Å²) in [6.45, 7) is 13.4. The van der Waals surface area contributed by atoms with Gasteiger partial charge in [0.05, 0.1) is 30.4 Å². The predicted molar refractivity (Wildman–Crippen MR) is 218 cm³/mol. The Morgan fingerprint density at radius 1 is 1.04 bits per heavy atom. The minimum atomic E-state index is -0.600. The number of nitrogens with two attached hydrogens (primary N) is 1. The van der Waals surface area contributed by atoms with E-state index in [0.29, 0.717) is 43.5 Å². The van der Waals surface area contributed by atoms with E-state index < -0.39 is 18.2 Å². The van der Waals surface area contributed by atoms with Crippen molar-refractivity contribution in [2.24, 2.45) is 17.6 Å². The molecule has 12 nitrogen and oxygen atoms in total. The van der Waals surface area contributed by atoms with E-state index in [1.165, 1.54) is 6.08 Å². The first kappa shape index (κ1) is 41.7. The topological polar surface area (TPSA) is 166 Å². The van der Waals surface area contributed by atoms with Crippen LogP contribution in [0.5, 0.6) is 0 Å². The number of carbonyl (C=O) groups excluding carboxylic acids is 4. The van der Waals surface area contributed by atoms with Gasteiger partial charge in [-0.25, -0.2) is 0 Å². The van der Waals surface area contributed by atoms with Gasteiger partial charge in [-0.2, -0.15) is 0 Å². The molecule has 2 aromatic carbocycles. The number of allylic oxidation sites excluding steroid dienone is 2. The maximum atomic E-state index is 13.6. The van der Waals surface area contributed by atoms with Gasteiger partial charge in [0.2, 0.25) is 23.6 Å². The standard InChI is InChI=1S/C44H56N6O6/c1-5-32-34-17-11-12-18-35(34)49(27-30-15-9-10-16-33(30)43(32)45)41(54)22-21-40(53)47-24-14-8-7-13-23-46-39(52)20-19-31-28-50(38(6-2)48-44(31)55)42-26-36(51)37(56-42)25-29(3)4/h5,9-12,15-20,29,31,36-37,42,51H,1-2,7-8,13-14,21-28,45H2,3-4H3,(H,46,52)(H,47,53)(H,48,55)/b20-19+,43-32+. The normalized spacial score (nSPS) is 22.1. The summed E-state index contributed by atoms with van der Waals surface area (Å²) in [7, 11) is 0. The van der Waals surface area contributed by atoms with Gasteiger partial charge in [0.1, 0.15) is 6.23 Å². The van der Waals surface area contributed by atoms with Gasteiger partial charge in [-0.1, -0.05) is 100 Å². The molecule has 0 bridgehead atoms. The molecule has 4 unspecified atom stereocenters. The van der Waals surface area contributed by atoms with Crippen molar-refractivity contribution in [3.63, 3.8) is 0 Å². The molecule has 4 amide bonds. The van der Waals surface area contributed by atoms with Gasteiger partial charge in [-0.15, -0.1) is 0 Å². The average Bonchev–Trinajstić information content (AvgIpc) is 3.54. The van der Waals surface area contributed by atoms with Crippen molar-refractivity contribution in [2.45, 2.75) is 90.2 Å². The van der Waals surface area contributed by atoms with E-state index >= 15 is 0 Å². The first-order valence-electron chi connectivity index (χ1n) is 19.6. The Morgan fingerprint density at radius 3 is 2.45 bits per heavy atom. The number of aliphatic hydroxyl groups is 1. The summed E-state index contributed by atoms with van der Waals surface area (Å²) in [4.78, 5) is 55.2. The number of hydrogen-bond acceptors (Lipinski definition) is 8. The lowest BCUT2D eigenvalue weighted by Gasteiger charge is -2.37. The number of unbranched alkanes of at least 4 members (excludes halogenated alkanes) is 3.